The molecule has 1 N–H and O–H groups in total. The summed E-state index contributed by atoms with van der Waals surface area (Å²) in [6.45, 7) is 2.19. The lowest BCUT2D eigenvalue weighted by Crippen LogP contribution is -2.27. The Labute approximate surface area is 56.5 Å². The van der Waals surface area contributed by atoms with Gasteiger partial charge < -0.3 is 5.32 Å². The fraction of sp³-hybridized carbons (Fsp3) is 0.500. The van der Waals surface area contributed by atoms with Crippen molar-refractivity contribution in [1.82, 2.24) is 5.32 Å². The van der Waals surface area contributed by atoms with Gasteiger partial charge in [-0.25, -0.2) is 0 Å². The molecule has 0 amide bonds. The smallest absolute Gasteiger partial charge is 0.0133 e. The molecule has 0 saturated heterocycles. The molecule has 9 heavy (non-hydrogen) atoms. The van der Waals surface area contributed by atoms with Gasteiger partial charge >= 0.3 is 0 Å². The Morgan fingerprint density at radius 1 is 1.33 bits per heavy atom. The van der Waals surface area contributed by atoms with Crippen LogP contribution < -0.4 is 5.32 Å². The van der Waals surface area contributed by atoms with Crippen LogP contribution in [0.25, 0.3) is 0 Å². The average Bonchev–Trinajstić information content (AvgIpc) is 2.37. The van der Waals surface area contributed by atoms with Crippen LogP contribution in [0.15, 0.2) is 24.3 Å². The van der Waals surface area contributed by atoms with Gasteiger partial charge in [0.2, 0.25) is 0 Å². The van der Waals surface area contributed by atoms with Gasteiger partial charge in [-0.1, -0.05) is 24.3 Å². The molecular formula is C8H13N. The van der Waals surface area contributed by atoms with E-state index >= 15 is 0 Å². The van der Waals surface area contributed by atoms with E-state index < -0.39 is 0 Å². The van der Waals surface area contributed by atoms with E-state index in [1.165, 1.54) is 0 Å². The van der Waals surface area contributed by atoms with Crippen molar-refractivity contribution in [3.05, 3.63) is 24.3 Å². The molecule has 0 unspecified atom stereocenters. The zero-order valence-corrected chi connectivity index (χ0v) is 5.96. The molecule has 0 bridgehead atoms. The minimum atomic E-state index is 0.569. The first-order valence-electron chi connectivity index (χ1n) is 3.37. The Bertz CT molecular complexity index is 124. The average molecular weight is 123 g/mol. The zero-order valence-electron chi connectivity index (χ0n) is 5.96. The summed E-state index contributed by atoms with van der Waals surface area (Å²) in [4.78, 5) is 0. The zero-order chi connectivity index (χ0) is 6.69. The van der Waals surface area contributed by atoms with Crippen LogP contribution in [-0.2, 0) is 0 Å². The standard InChI is InChI=1S/C8H13N/c1-7(9-2)8-5-3-4-6-8/h3-9H,1-2H3/t7-/m0/s1. The first kappa shape index (κ1) is 6.56. The fourth-order valence-electron chi connectivity index (χ4n) is 0.975. The summed E-state index contributed by atoms with van der Waals surface area (Å²) in [6.07, 6.45) is 8.61. The normalized spacial score (nSPS) is 21.1. The van der Waals surface area contributed by atoms with Gasteiger partial charge in [0, 0.05) is 12.0 Å². The van der Waals surface area contributed by atoms with Gasteiger partial charge in [-0.3, -0.25) is 0 Å². The lowest BCUT2D eigenvalue weighted by molar-refractivity contribution is 0.539. The topological polar surface area (TPSA) is 12.0 Å². The van der Waals surface area contributed by atoms with Crippen molar-refractivity contribution in [2.45, 2.75) is 13.0 Å². The third kappa shape index (κ3) is 1.42. The van der Waals surface area contributed by atoms with Crippen LogP contribution in [0.4, 0.5) is 0 Å². The van der Waals surface area contributed by atoms with Gasteiger partial charge in [0.05, 0.1) is 0 Å². The minimum absolute atomic E-state index is 0.569. The summed E-state index contributed by atoms with van der Waals surface area (Å²) in [5.74, 6) is 0.606. The van der Waals surface area contributed by atoms with E-state index in [0.29, 0.717) is 12.0 Å². The SMILES string of the molecule is CN[C@@H](C)C1C=CC=C1. The van der Waals surface area contributed by atoms with Crippen molar-refractivity contribution in [3.63, 3.8) is 0 Å². The number of hydrogen-bond donors (Lipinski definition) is 1. The Balaban J connectivity index is 2.43. The lowest BCUT2D eigenvalue weighted by atomic mass is 10.0. The molecule has 1 atom stereocenters. The Morgan fingerprint density at radius 2 is 1.89 bits per heavy atom. The van der Waals surface area contributed by atoms with Gasteiger partial charge in [-0.15, -0.1) is 0 Å². The molecule has 0 aromatic heterocycles. The first-order valence-corrected chi connectivity index (χ1v) is 3.37. The maximum atomic E-state index is 3.20. The van der Waals surface area contributed by atoms with E-state index in [1.54, 1.807) is 0 Å². The van der Waals surface area contributed by atoms with E-state index in [4.69, 9.17) is 0 Å². The summed E-state index contributed by atoms with van der Waals surface area (Å²) in [5, 5.41) is 3.20. The van der Waals surface area contributed by atoms with E-state index in [-0.39, 0.29) is 0 Å². The van der Waals surface area contributed by atoms with E-state index in [0.717, 1.165) is 0 Å². The molecule has 1 heteroatoms. The third-order valence-corrected chi connectivity index (χ3v) is 1.81. The number of hydrogen-bond acceptors (Lipinski definition) is 1. The van der Waals surface area contributed by atoms with Gasteiger partial charge in [-0.2, -0.15) is 0 Å². The van der Waals surface area contributed by atoms with Crippen LogP contribution in [0.2, 0.25) is 0 Å². The van der Waals surface area contributed by atoms with Gasteiger partial charge in [0.15, 0.2) is 0 Å². The third-order valence-electron chi connectivity index (χ3n) is 1.81. The van der Waals surface area contributed by atoms with Crippen LogP contribution in [0, 0.1) is 5.92 Å². The fourth-order valence-corrected chi connectivity index (χ4v) is 0.975. The highest BCUT2D eigenvalue weighted by atomic mass is 14.9. The monoisotopic (exact) mass is 123 g/mol. The molecule has 1 rings (SSSR count). The second-order valence-electron chi connectivity index (χ2n) is 2.42. The molecular weight excluding hydrogens is 110 g/mol. The highest BCUT2D eigenvalue weighted by Crippen LogP contribution is 2.12. The van der Waals surface area contributed by atoms with Gasteiger partial charge in [-0.05, 0) is 14.0 Å². The molecule has 50 valence electrons. The summed E-state index contributed by atoms with van der Waals surface area (Å²) in [6, 6.07) is 0.569. The van der Waals surface area contributed by atoms with Crippen LogP contribution in [0.1, 0.15) is 6.92 Å². The molecule has 0 radical (unpaired) electrons. The highest BCUT2D eigenvalue weighted by molar-refractivity contribution is 5.19. The summed E-state index contributed by atoms with van der Waals surface area (Å²) in [5.41, 5.74) is 0. The van der Waals surface area contributed by atoms with Crippen molar-refractivity contribution in [2.75, 3.05) is 7.05 Å². The molecule has 0 heterocycles. The molecule has 0 aromatic rings. The predicted molar refractivity (Wildman–Crippen MR) is 40.3 cm³/mol. The van der Waals surface area contributed by atoms with Crippen LogP contribution in [0.5, 0.6) is 0 Å². The van der Waals surface area contributed by atoms with Crippen molar-refractivity contribution >= 4 is 0 Å². The lowest BCUT2D eigenvalue weighted by Gasteiger charge is -2.13. The molecule has 1 nitrogen and oxygen atoms in total. The molecule has 0 aliphatic heterocycles. The van der Waals surface area contributed by atoms with Crippen LogP contribution in [0.3, 0.4) is 0 Å². The van der Waals surface area contributed by atoms with Crippen molar-refractivity contribution < 1.29 is 0 Å². The van der Waals surface area contributed by atoms with E-state index in [9.17, 15) is 0 Å². The summed E-state index contributed by atoms with van der Waals surface area (Å²) < 4.78 is 0. The predicted octanol–water partition coefficient (Wildman–Crippen LogP) is 1.34. The number of allylic oxidation sites excluding steroid dienone is 2. The molecule has 0 spiro atoms. The van der Waals surface area contributed by atoms with Crippen molar-refractivity contribution in [2.24, 2.45) is 5.92 Å². The number of nitrogens with one attached hydrogen (secondary N) is 1. The molecule has 1 aliphatic rings. The van der Waals surface area contributed by atoms with E-state index in [2.05, 4.69) is 36.5 Å². The number of rotatable bonds is 2. The maximum Gasteiger partial charge on any atom is 0.0133 e. The Hall–Kier alpha value is -0.560. The van der Waals surface area contributed by atoms with Crippen LogP contribution in [-0.4, -0.2) is 13.1 Å². The Morgan fingerprint density at radius 3 is 2.33 bits per heavy atom. The van der Waals surface area contributed by atoms with E-state index in [1.807, 2.05) is 7.05 Å². The largest absolute Gasteiger partial charge is 0.316 e. The molecule has 0 aromatic carbocycles. The summed E-state index contributed by atoms with van der Waals surface area (Å²) >= 11 is 0. The van der Waals surface area contributed by atoms with Crippen LogP contribution >= 0.6 is 0 Å². The molecule has 0 saturated carbocycles. The Kier molecular flexibility index (Phi) is 2.06. The first-order chi connectivity index (χ1) is 4.34. The van der Waals surface area contributed by atoms with Crippen molar-refractivity contribution in [1.29, 1.82) is 0 Å². The molecule has 0 fully saturated rings. The quantitative estimate of drug-likeness (QED) is 0.584. The molecule has 1 aliphatic carbocycles. The second kappa shape index (κ2) is 2.83. The maximum absolute atomic E-state index is 3.20. The van der Waals surface area contributed by atoms with Gasteiger partial charge in [0.25, 0.3) is 0 Å². The highest BCUT2D eigenvalue weighted by Gasteiger charge is 2.09. The minimum Gasteiger partial charge on any atom is -0.316 e. The summed E-state index contributed by atoms with van der Waals surface area (Å²) in [7, 11) is 1.99. The van der Waals surface area contributed by atoms with Gasteiger partial charge in [0.1, 0.15) is 0 Å². The second-order valence-corrected chi connectivity index (χ2v) is 2.42. The van der Waals surface area contributed by atoms with Crippen molar-refractivity contribution in [3.8, 4) is 0 Å².